The summed E-state index contributed by atoms with van der Waals surface area (Å²) in [7, 11) is 0. The molecule has 0 aromatic rings. The number of hydrogen-bond acceptors (Lipinski definition) is 6. The summed E-state index contributed by atoms with van der Waals surface area (Å²) in [6.07, 6.45) is 5.29. The summed E-state index contributed by atoms with van der Waals surface area (Å²) in [6, 6.07) is 0. The quantitative estimate of drug-likeness (QED) is 0.423. The molecule has 1 heterocycles. The van der Waals surface area contributed by atoms with E-state index in [-0.39, 0.29) is 6.61 Å². The molecule has 4 atom stereocenters. The van der Waals surface area contributed by atoms with Gasteiger partial charge in [-0.1, -0.05) is 51.9 Å². The van der Waals surface area contributed by atoms with Crippen molar-refractivity contribution in [1.82, 2.24) is 0 Å². The lowest BCUT2D eigenvalue weighted by atomic mass is 9.97. The van der Waals surface area contributed by atoms with Gasteiger partial charge in [0.15, 0.2) is 0 Å². The van der Waals surface area contributed by atoms with Crippen molar-refractivity contribution < 1.29 is 29.9 Å². The lowest BCUT2D eigenvalue weighted by molar-refractivity contribution is -0.348. The van der Waals surface area contributed by atoms with Gasteiger partial charge in [-0.05, 0) is 6.42 Å². The highest BCUT2D eigenvalue weighted by atomic mass is 16.7. The van der Waals surface area contributed by atoms with Crippen molar-refractivity contribution in [2.45, 2.75) is 82.4 Å². The zero-order valence-corrected chi connectivity index (χ0v) is 13.6. The Balaban J connectivity index is 2.19. The van der Waals surface area contributed by atoms with Gasteiger partial charge in [0.2, 0.25) is 5.79 Å². The van der Waals surface area contributed by atoms with Crippen molar-refractivity contribution >= 4 is 0 Å². The van der Waals surface area contributed by atoms with Crippen LogP contribution in [0.3, 0.4) is 0 Å². The molecule has 132 valence electrons. The summed E-state index contributed by atoms with van der Waals surface area (Å²) in [4.78, 5) is 0. The van der Waals surface area contributed by atoms with Gasteiger partial charge in [0.05, 0.1) is 13.2 Å². The molecule has 0 radical (unpaired) electrons. The Bertz CT molecular complexity index is 288. The summed E-state index contributed by atoms with van der Waals surface area (Å²) in [5.74, 6) is -1.63. The molecular weight excluding hydrogens is 288 g/mol. The largest absolute Gasteiger partial charge is 0.391 e. The van der Waals surface area contributed by atoms with E-state index in [0.717, 1.165) is 19.3 Å². The highest BCUT2D eigenvalue weighted by molar-refractivity contribution is 4.92. The maximum absolute atomic E-state index is 9.96. The molecule has 1 aliphatic heterocycles. The van der Waals surface area contributed by atoms with E-state index in [0.29, 0.717) is 6.61 Å². The molecule has 6 heteroatoms. The standard InChI is InChI=1S/C16H32O6/c1-2-3-4-5-6-7-8-9-10-21-16(12-17)15(20)14(19)13(18)11-22-16/h13-15,17-20H,2-12H2,1H3/t13-,14-,15+,16-/m1/s1. The van der Waals surface area contributed by atoms with Crippen LogP contribution >= 0.6 is 0 Å². The lowest BCUT2D eigenvalue weighted by Crippen LogP contribution is -2.63. The highest BCUT2D eigenvalue weighted by Crippen LogP contribution is 2.27. The SMILES string of the molecule is CCCCCCCCCCO[C@]1(CO)OC[C@@H](O)[C@@H](O)[C@@H]1O. The lowest BCUT2D eigenvalue weighted by Gasteiger charge is -2.43. The van der Waals surface area contributed by atoms with Crippen LogP contribution in [-0.2, 0) is 9.47 Å². The number of hydrogen-bond donors (Lipinski definition) is 4. The average Bonchev–Trinajstić information content (AvgIpc) is 2.53. The first kappa shape index (κ1) is 19.8. The van der Waals surface area contributed by atoms with Crippen molar-refractivity contribution in [2.24, 2.45) is 0 Å². The Hall–Kier alpha value is -0.240. The van der Waals surface area contributed by atoms with Gasteiger partial charge in [0, 0.05) is 0 Å². The molecule has 0 saturated carbocycles. The number of aliphatic hydroxyl groups excluding tert-OH is 4. The molecule has 0 spiro atoms. The fraction of sp³-hybridized carbons (Fsp3) is 1.00. The van der Waals surface area contributed by atoms with E-state index in [1.54, 1.807) is 0 Å². The van der Waals surface area contributed by atoms with Crippen LogP contribution in [-0.4, -0.2) is 64.3 Å². The van der Waals surface area contributed by atoms with Crippen LogP contribution in [0.25, 0.3) is 0 Å². The number of unbranched alkanes of at least 4 members (excludes halogenated alkanes) is 7. The molecule has 4 N–H and O–H groups in total. The second kappa shape index (κ2) is 10.5. The topological polar surface area (TPSA) is 99.4 Å². The molecule has 0 aromatic heterocycles. The Morgan fingerprint density at radius 2 is 1.59 bits per heavy atom. The van der Waals surface area contributed by atoms with Gasteiger partial charge >= 0.3 is 0 Å². The first-order valence-electron chi connectivity index (χ1n) is 8.50. The maximum atomic E-state index is 9.96. The molecule has 22 heavy (non-hydrogen) atoms. The van der Waals surface area contributed by atoms with E-state index in [2.05, 4.69) is 6.92 Å². The Labute approximate surface area is 133 Å². The van der Waals surface area contributed by atoms with Crippen molar-refractivity contribution in [1.29, 1.82) is 0 Å². The minimum atomic E-state index is -1.63. The van der Waals surface area contributed by atoms with E-state index in [4.69, 9.17) is 9.47 Å². The summed E-state index contributed by atoms with van der Waals surface area (Å²) in [6.45, 7) is 1.81. The van der Waals surface area contributed by atoms with Crippen molar-refractivity contribution in [2.75, 3.05) is 19.8 Å². The third kappa shape index (κ3) is 5.76. The van der Waals surface area contributed by atoms with Crippen LogP contribution < -0.4 is 0 Å². The van der Waals surface area contributed by atoms with E-state index in [1.807, 2.05) is 0 Å². The molecule has 0 aliphatic carbocycles. The molecule has 0 amide bonds. The van der Waals surface area contributed by atoms with Crippen LogP contribution in [0, 0.1) is 0 Å². The Morgan fingerprint density at radius 1 is 1.00 bits per heavy atom. The van der Waals surface area contributed by atoms with Gasteiger partial charge < -0.3 is 29.9 Å². The third-order valence-electron chi connectivity index (χ3n) is 4.23. The molecule has 1 saturated heterocycles. The summed E-state index contributed by atoms with van der Waals surface area (Å²) < 4.78 is 10.8. The summed E-state index contributed by atoms with van der Waals surface area (Å²) in [5.41, 5.74) is 0. The monoisotopic (exact) mass is 320 g/mol. The van der Waals surface area contributed by atoms with Gasteiger partial charge in [-0.15, -0.1) is 0 Å². The second-order valence-corrected chi connectivity index (χ2v) is 6.11. The van der Waals surface area contributed by atoms with E-state index < -0.39 is 30.7 Å². The Kier molecular flexibility index (Phi) is 9.47. The average molecular weight is 320 g/mol. The van der Waals surface area contributed by atoms with Gasteiger partial charge in [-0.3, -0.25) is 0 Å². The predicted octanol–water partition coefficient (Wildman–Crippen LogP) is 0.945. The third-order valence-corrected chi connectivity index (χ3v) is 4.23. The summed E-state index contributed by atoms with van der Waals surface area (Å²) in [5, 5.41) is 38.5. The maximum Gasteiger partial charge on any atom is 0.221 e. The molecule has 1 rings (SSSR count). The van der Waals surface area contributed by atoms with Crippen molar-refractivity contribution in [3.05, 3.63) is 0 Å². The first-order valence-corrected chi connectivity index (χ1v) is 8.50. The van der Waals surface area contributed by atoms with E-state index in [1.165, 1.54) is 32.1 Å². The van der Waals surface area contributed by atoms with Crippen LogP contribution in [0.4, 0.5) is 0 Å². The minimum absolute atomic E-state index is 0.170. The zero-order valence-electron chi connectivity index (χ0n) is 13.6. The highest BCUT2D eigenvalue weighted by Gasteiger charge is 2.50. The molecule has 6 nitrogen and oxygen atoms in total. The number of rotatable bonds is 11. The van der Waals surface area contributed by atoms with Crippen molar-refractivity contribution in [3.8, 4) is 0 Å². The second-order valence-electron chi connectivity index (χ2n) is 6.11. The van der Waals surface area contributed by atoms with Gasteiger partial charge in [-0.2, -0.15) is 0 Å². The minimum Gasteiger partial charge on any atom is -0.391 e. The number of aliphatic hydroxyl groups is 4. The zero-order chi connectivity index (χ0) is 16.4. The molecule has 1 aliphatic rings. The normalized spacial score (nSPS) is 32.3. The van der Waals surface area contributed by atoms with Gasteiger partial charge in [-0.25, -0.2) is 0 Å². The molecule has 0 unspecified atom stereocenters. The van der Waals surface area contributed by atoms with Crippen LogP contribution in [0.15, 0.2) is 0 Å². The summed E-state index contributed by atoms with van der Waals surface area (Å²) >= 11 is 0. The fourth-order valence-electron chi connectivity index (χ4n) is 2.67. The molecule has 0 aromatic carbocycles. The molecule has 1 fully saturated rings. The van der Waals surface area contributed by atoms with Crippen LogP contribution in [0.2, 0.25) is 0 Å². The number of ether oxygens (including phenoxy) is 2. The van der Waals surface area contributed by atoms with Crippen molar-refractivity contribution in [3.63, 3.8) is 0 Å². The van der Waals surface area contributed by atoms with Gasteiger partial charge in [0.25, 0.3) is 0 Å². The van der Waals surface area contributed by atoms with Crippen LogP contribution in [0.5, 0.6) is 0 Å². The smallest absolute Gasteiger partial charge is 0.221 e. The van der Waals surface area contributed by atoms with E-state index >= 15 is 0 Å². The molecular formula is C16H32O6. The van der Waals surface area contributed by atoms with Gasteiger partial charge in [0.1, 0.15) is 24.9 Å². The first-order chi connectivity index (χ1) is 10.6. The van der Waals surface area contributed by atoms with E-state index in [9.17, 15) is 20.4 Å². The fourth-order valence-corrected chi connectivity index (χ4v) is 2.67. The molecule has 0 bridgehead atoms. The van der Waals surface area contributed by atoms with Crippen LogP contribution in [0.1, 0.15) is 58.3 Å². The predicted molar refractivity (Wildman–Crippen MR) is 82.4 cm³/mol. The Morgan fingerprint density at radius 3 is 2.18 bits per heavy atom.